The molecule has 0 bridgehead atoms. The third kappa shape index (κ3) is 4.84. The first-order chi connectivity index (χ1) is 18.1. The fraction of sp³-hybridized carbons (Fsp3) is 0.107. The Hall–Kier alpha value is -4.79. The summed E-state index contributed by atoms with van der Waals surface area (Å²) in [5.41, 5.74) is 4.12. The van der Waals surface area contributed by atoms with Crippen LogP contribution in [0.2, 0.25) is 0 Å². The Labute approximate surface area is 211 Å². The summed E-state index contributed by atoms with van der Waals surface area (Å²) >= 11 is 0. The number of nitrogens with zero attached hydrogens (tertiary/aromatic N) is 4. The van der Waals surface area contributed by atoms with Gasteiger partial charge in [0.05, 0.1) is 36.3 Å². The smallest absolute Gasteiger partial charge is 0.169 e. The summed E-state index contributed by atoms with van der Waals surface area (Å²) < 4.78 is 39.2. The topological polar surface area (TPSA) is 79.5 Å². The van der Waals surface area contributed by atoms with E-state index in [1.54, 1.807) is 11.2 Å². The number of rotatable bonds is 7. The highest BCUT2D eigenvalue weighted by Gasteiger charge is 2.21. The van der Waals surface area contributed by atoms with Gasteiger partial charge in [0.1, 0.15) is 23.9 Å². The summed E-state index contributed by atoms with van der Waals surface area (Å²) in [6.45, 7) is 1.25. The number of imidazole rings is 1. The van der Waals surface area contributed by atoms with Crippen molar-refractivity contribution in [2.24, 2.45) is 5.10 Å². The van der Waals surface area contributed by atoms with Crippen LogP contribution >= 0.6 is 0 Å². The summed E-state index contributed by atoms with van der Waals surface area (Å²) in [6.07, 6.45) is 1.61. The van der Waals surface area contributed by atoms with E-state index < -0.39 is 11.6 Å². The van der Waals surface area contributed by atoms with Crippen molar-refractivity contribution in [2.75, 3.05) is 0 Å². The lowest BCUT2D eigenvalue weighted by molar-refractivity contribution is 0.229. The zero-order chi connectivity index (χ0) is 25.2. The van der Waals surface area contributed by atoms with Gasteiger partial charge < -0.3 is 14.2 Å². The molecule has 3 heterocycles. The minimum Gasteiger partial charge on any atom is -0.489 e. The first-order valence-corrected chi connectivity index (χ1v) is 11.7. The summed E-state index contributed by atoms with van der Waals surface area (Å²) in [5, 5.41) is 10.4. The normalized spacial score (nSPS) is 12.5. The van der Waals surface area contributed by atoms with Gasteiger partial charge in [-0.3, -0.25) is 5.01 Å². The number of hydrazone groups is 1. The number of hydrogen-bond donors (Lipinski definition) is 1. The van der Waals surface area contributed by atoms with E-state index in [2.05, 4.69) is 20.2 Å². The van der Waals surface area contributed by atoms with Gasteiger partial charge in [-0.25, -0.2) is 13.8 Å². The third-order valence-electron chi connectivity index (χ3n) is 6.00. The maximum Gasteiger partial charge on any atom is 0.169 e. The van der Waals surface area contributed by atoms with Crippen LogP contribution in [0.1, 0.15) is 22.7 Å². The Morgan fingerprint density at radius 1 is 0.973 bits per heavy atom. The molecule has 0 saturated heterocycles. The van der Waals surface area contributed by atoms with Gasteiger partial charge in [0.2, 0.25) is 0 Å². The summed E-state index contributed by atoms with van der Waals surface area (Å²) in [5.74, 6) is -0.198. The second-order valence-corrected chi connectivity index (χ2v) is 8.59. The van der Waals surface area contributed by atoms with Crippen molar-refractivity contribution in [3.05, 3.63) is 113 Å². The van der Waals surface area contributed by atoms with Crippen LogP contribution in [-0.4, -0.2) is 26.3 Å². The van der Waals surface area contributed by atoms with E-state index in [-0.39, 0.29) is 11.4 Å². The van der Waals surface area contributed by atoms with Crippen LogP contribution in [0.5, 0.6) is 5.75 Å². The summed E-state index contributed by atoms with van der Waals surface area (Å²) in [7, 11) is 0. The molecule has 0 saturated carbocycles. The Kier molecular flexibility index (Phi) is 5.94. The minimum absolute atomic E-state index is 0.0747. The van der Waals surface area contributed by atoms with Gasteiger partial charge >= 0.3 is 0 Å². The molecule has 1 aliphatic rings. The van der Waals surface area contributed by atoms with Crippen molar-refractivity contribution in [3.63, 3.8) is 0 Å². The highest BCUT2D eigenvalue weighted by molar-refractivity contribution is 5.80. The second kappa shape index (κ2) is 9.69. The molecule has 9 heteroatoms. The van der Waals surface area contributed by atoms with Gasteiger partial charge in [-0.1, -0.05) is 41.6 Å². The van der Waals surface area contributed by atoms with Crippen molar-refractivity contribution in [3.8, 4) is 28.4 Å². The number of H-pyrrole nitrogens is 1. The molecule has 0 unspecified atom stereocenters. The third-order valence-corrected chi connectivity index (χ3v) is 6.00. The molecule has 0 amide bonds. The van der Waals surface area contributed by atoms with E-state index in [9.17, 15) is 8.78 Å². The average molecular weight is 498 g/mol. The standard InChI is InChI=1S/C28H21F2N5O2/c29-23-8-4-7-22(27(23)30)28-32-25-14-31-35(16-26(25)33-28)15-21-13-24(34-37-21)19-9-11-20(12-10-19)36-17-18-5-2-1-3-6-18/h1-14H,15-17H2,(H,32,33). The van der Waals surface area contributed by atoms with Gasteiger partial charge in [0, 0.05) is 11.6 Å². The quantitative estimate of drug-likeness (QED) is 0.301. The molecule has 6 rings (SSSR count). The van der Waals surface area contributed by atoms with E-state index in [4.69, 9.17) is 9.26 Å². The second-order valence-electron chi connectivity index (χ2n) is 8.59. The number of benzene rings is 3. The van der Waals surface area contributed by atoms with Crippen LogP contribution in [0.15, 0.2) is 88.5 Å². The first-order valence-electron chi connectivity index (χ1n) is 11.7. The zero-order valence-corrected chi connectivity index (χ0v) is 19.6. The van der Waals surface area contributed by atoms with Gasteiger partial charge in [0.15, 0.2) is 17.4 Å². The van der Waals surface area contributed by atoms with Crippen molar-refractivity contribution >= 4 is 6.21 Å². The predicted octanol–water partition coefficient (Wildman–Crippen LogP) is 5.94. The predicted molar refractivity (Wildman–Crippen MR) is 133 cm³/mol. The van der Waals surface area contributed by atoms with Crippen molar-refractivity contribution in [1.29, 1.82) is 0 Å². The highest BCUT2D eigenvalue weighted by Crippen LogP contribution is 2.27. The number of hydrogen-bond acceptors (Lipinski definition) is 6. The Bertz CT molecular complexity index is 1560. The largest absolute Gasteiger partial charge is 0.489 e. The van der Waals surface area contributed by atoms with E-state index >= 15 is 0 Å². The van der Waals surface area contributed by atoms with Gasteiger partial charge in [-0.2, -0.15) is 5.10 Å². The number of halogens is 2. The number of aromatic amines is 1. The number of fused-ring (bicyclic) bond motifs is 1. The van der Waals surface area contributed by atoms with Crippen LogP contribution in [0.4, 0.5) is 8.78 Å². The van der Waals surface area contributed by atoms with Crippen LogP contribution in [0.25, 0.3) is 22.6 Å². The molecule has 7 nitrogen and oxygen atoms in total. The molecule has 0 spiro atoms. The van der Waals surface area contributed by atoms with Crippen molar-refractivity contribution in [2.45, 2.75) is 19.7 Å². The molecule has 0 aliphatic carbocycles. The van der Waals surface area contributed by atoms with E-state index in [0.717, 1.165) is 22.9 Å². The summed E-state index contributed by atoms with van der Waals surface area (Å²) in [4.78, 5) is 7.47. The molecular formula is C28H21F2N5O2. The Morgan fingerprint density at radius 2 is 1.81 bits per heavy atom. The van der Waals surface area contributed by atoms with Crippen LogP contribution in [-0.2, 0) is 19.7 Å². The molecule has 0 fully saturated rings. The number of nitrogens with one attached hydrogen (secondary N) is 1. The molecule has 2 aromatic heterocycles. The molecule has 1 N–H and O–H groups in total. The minimum atomic E-state index is -0.938. The molecule has 3 aromatic carbocycles. The molecular weight excluding hydrogens is 476 g/mol. The van der Waals surface area contributed by atoms with E-state index in [0.29, 0.717) is 42.5 Å². The van der Waals surface area contributed by atoms with Gasteiger partial charge in [-0.05, 0) is 42.0 Å². The molecule has 184 valence electrons. The monoisotopic (exact) mass is 497 g/mol. The molecule has 37 heavy (non-hydrogen) atoms. The average Bonchev–Trinajstić information content (AvgIpc) is 3.57. The van der Waals surface area contributed by atoms with Gasteiger partial charge in [-0.15, -0.1) is 0 Å². The molecule has 1 aliphatic heterocycles. The molecule has 5 aromatic rings. The lowest BCUT2D eigenvalue weighted by Crippen LogP contribution is -2.21. The van der Waals surface area contributed by atoms with Gasteiger partial charge in [0.25, 0.3) is 0 Å². The summed E-state index contributed by atoms with van der Waals surface area (Å²) in [6, 6.07) is 23.5. The number of aromatic nitrogens is 3. The fourth-order valence-electron chi connectivity index (χ4n) is 4.08. The van der Waals surface area contributed by atoms with Crippen molar-refractivity contribution < 1.29 is 18.0 Å². The zero-order valence-electron chi connectivity index (χ0n) is 19.6. The number of ether oxygens (including phenoxy) is 1. The van der Waals surface area contributed by atoms with Crippen LogP contribution in [0.3, 0.4) is 0 Å². The van der Waals surface area contributed by atoms with Crippen LogP contribution in [0, 0.1) is 11.6 Å². The lowest BCUT2D eigenvalue weighted by atomic mass is 10.1. The Balaban J connectivity index is 1.09. The van der Waals surface area contributed by atoms with E-state index in [1.807, 2.05) is 60.7 Å². The maximum absolute atomic E-state index is 14.2. The SMILES string of the molecule is Fc1cccc(-c2nc3c([nH]2)C=NN(Cc2cc(-c4ccc(OCc5ccccc5)cc4)no2)C3)c1F. The maximum atomic E-state index is 14.2. The Morgan fingerprint density at radius 3 is 2.65 bits per heavy atom. The fourth-order valence-corrected chi connectivity index (χ4v) is 4.08. The highest BCUT2D eigenvalue weighted by atomic mass is 19.2. The molecule has 0 radical (unpaired) electrons. The lowest BCUT2D eigenvalue weighted by Gasteiger charge is -2.19. The molecule has 0 atom stereocenters. The first kappa shape index (κ1) is 22.7. The van der Waals surface area contributed by atoms with Crippen molar-refractivity contribution in [1.82, 2.24) is 20.1 Å². The van der Waals surface area contributed by atoms with E-state index in [1.165, 1.54) is 12.1 Å². The van der Waals surface area contributed by atoms with Crippen LogP contribution < -0.4 is 4.74 Å².